The summed E-state index contributed by atoms with van der Waals surface area (Å²) in [6.07, 6.45) is 1.59. The van der Waals surface area contributed by atoms with Gasteiger partial charge in [0, 0.05) is 0 Å². The molecule has 0 unspecified atom stereocenters. The lowest BCUT2D eigenvalue weighted by atomic mass is 10.3. The van der Waals surface area contributed by atoms with Crippen molar-refractivity contribution in [3.63, 3.8) is 0 Å². The molecule has 1 aromatic heterocycles. The van der Waals surface area contributed by atoms with Crippen LogP contribution in [0.2, 0.25) is 5.15 Å². The Kier molecular flexibility index (Phi) is 2.65. The van der Waals surface area contributed by atoms with Crippen molar-refractivity contribution in [2.75, 3.05) is 0 Å². The molecule has 0 fully saturated rings. The van der Waals surface area contributed by atoms with Gasteiger partial charge >= 0.3 is 0 Å². The third-order valence-corrected chi connectivity index (χ3v) is 1.90. The minimum atomic E-state index is 0.463. The summed E-state index contributed by atoms with van der Waals surface area (Å²) in [6, 6.07) is 13.0. The highest BCUT2D eigenvalue weighted by Gasteiger charge is 1.95. The standard InChI is InChI=1S/C11H8ClNO/c12-11-7-6-10(8-13-11)14-9-4-2-1-3-5-9/h1-8H. The monoisotopic (exact) mass is 205 g/mol. The fourth-order valence-corrected chi connectivity index (χ4v) is 1.16. The molecule has 2 nitrogen and oxygen atoms in total. The average molecular weight is 206 g/mol. The fourth-order valence-electron chi connectivity index (χ4n) is 1.05. The molecule has 0 N–H and O–H groups in total. The number of ether oxygens (including phenoxy) is 1. The lowest BCUT2D eigenvalue weighted by Crippen LogP contribution is -1.84. The minimum absolute atomic E-state index is 0.463. The van der Waals surface area contributed by atoms with Crippen LogP contribution in [0.1, 0.15) is 0 Å². The Labute approximate surface area is 87.1 Å². The van der Waals surface area contributed by atoms with Crippen molar-refractivity contribution < 1.29 is 4.74 Å². The first-order valence-electron chi connectivity index (χ1n) is 4.19. The number of rotatable bonds is 2. The molecular formula is C11H8ClNO. The first kappa shape index (κ1) is 9.03. The minimum Gasteiger partial charge on any atom is -0.456 e. The van der Waals surface area contributed by atoms with Crippen molar-refractivity contribution in [1.82, 2.24) is 4.98 Å². The second kappa shape index (κ2) is 4.11. The zero-order valence-electron chi connectivity index (χ0n) is 7.35. The van der Waals surface area contributed by atoms with Gasteiger partial charge in [-0.1, -0.05) is 29.8 Å². The molecule has 0 aliphatic carbocycles. The van der Waals surface area contributed by atoms with Gasteiger partial charge in [-0.15, -0.1) is 0 Å². The van der Waals surface area contributed by atoms with Gasteiger partial charge in [0.05, 0.1) is 6.20 Å². The third kappa shape index (κ3) is 2.24. The van der Waals surface area contributed by atoms with E-state index in [1.54, 1.807) is 18.3 Å². The molecule has 70 valence electrons. The molecule has 0 aliphatic rings. The second-order valence-corrected chi connectivity index (χ2v) is 3.12. The maximum absolute atomic E-state index is 5.65. The van der Waals surface area contributed by atoms with Crippen LogP contribution in [0.25, 0.3) is 0 Å². The van der Waals surface area contributed by atoms with Gasteiger partial charge in [-0.2, -0.15) is 0 Å². The summed E-state index contributed by atoms with van der Waals surface area (Å²) in [5.41, 5.74) is 0. The van der Waals surface area contributed by atoms with Crippen LogP contribution in [0, 0.1) is 0 Å². The van der Waals surface area contributed by atoms with E-state index in [1.807, 2.05) is 30.3 Å². The summed E-state index contributed by atoms with van der Waals surface area (Å²) < 4.78 is 5.51. The van der Waals surface area contributed by atoms with E-state index in [9.17, 15) is 0 Å². The highest BCUT2D eigenvalue weighted by molar-refractivity contribution is 6.29. The van der Waals surface area contributed by atoms with Gasteiger partial charge in [-0.3, -0.25) is 0 Å². The normalized spacial score (nSPS) is 9.79. The topological polar surface area (TPSA) is 22.1 Å². The van der Waals surface area contributed by atoms with Gasteiger partial charge < -0.3 is 4.74 Å². The van der Waals surface area contributed by atoms with Crippen LogP contribution in [0.3, 0.4) is 0 Å². The number of aromatic nitrogens is 1. The van der Waals surface area contributed by atoms with E-state index in [4.69, 9.17) is 16.3 Å². The molecule has 0 atom stereocenters. The first-order chi connectivity index (χ1) is 6.84. The number of benzene rings is 1. The van der Waals surface area contributed by atoms with Gasteiger partial charge in [0.2, 0.25) is 0 Å². The fraction of sp³-hybridized carbons (Fsp3) is 0. The predicted octanol–water partition coefficient (Wildman–Crippen LogP) is 3.53. The van der Waals surface area contributed by atoms with Gasteiger partial charge in [-0.25, -0.2) is 4.98 Å². The Morgan fingerprint density at radius 2 is 1.71 bits per heavy atom. The Balaban J connectivity index is 2.16. The molecule has 0 saturated carbocycles. The highest BCUT2D eigenvalue weighted by Crippen LogP contribution is 2.20. The molecule has 14 heavy (non-hydrogen) atoms. The number of nitrogens with zero attached hydrogens (tertiary/aromatic N) is 1. The van der Waals surface area contributed by atoms with Crippen LogP contribution in [0.4, 0.5) is 0 Å². The van der Waals surface area contributed by atoms with Crippen LogP contribution < -0.4 is 4.74 Å². The first-order valence-corrected chi connectivity index (χ1v) is 4.57. The number of pyridine rings is 1. The summed E-state index contributed by atoms with van der Waals surface area (Å²) in [6.45, 7) is 0. The molecule has 2 rings (SSSR count). The van der Waals surface area contributed by atoms with Crippen molar-refractivity contribution in [3.05, 3.63) is 53.8 Å². The van der Waals surface area contributed by atoms with E-state index >= 15 is 0 Å². The Morgan fingerprint density at radius 1 is 0.929 bits per heavy atom. The van der Waals surface area contributed by atoms with Gasteiger partial charge in [-0.05, 0) is 24.3 Å². The predicted molar refractivity (Wildman–Crippen MR) is 55.8 cm³/mol. The number of halogens is 1. The van der Waals surface area contributed by atoms with E-state index in [2.05, 4.69) is 4.98 Å². The Bertz CT molecular complexity index is 399. The third-order valence-electron chi connectivity index (χ3n) is 1.68. The zero-order valence-corrected chi connectivity index (χ0v) is 8.11. The van der Waals surface area contributed by atoms with E-state index in [0.717, 1.165) is 5.75 Å². The van der Waals surface area contributed by atoms with E-state index < -0.39 is 0 Å². The summed E-state index contributed by atoms with van der Waals surface area (Å²) in [4.78, 5) is 3.92. The van der Waals surface area contributed by atoms with Crippen LogP contribution >= 0.6 is 11.6 Å². The molecule has 0 saturated heterocycles. The molecule has 3 heteroatoms. The Hall–Kier alpha value is -1.54. The zero-order chi connectivity index (χ0) is 9.80. The SMILES string of the molecule is Clc1ccc(Oc2ccccc2)cn1. The molecular weight excluding hydrogens is 198 g/mol. The number of para-hydroxylation sites is 1. The van der Waals surface area contributed by atoms with Crippen molar-refractivity contribution in [3.8, 4) is 11.5 Å². The largest absolute Gasteiger partial charge is 0.456 e. The molecule has 1 heterocycles. The quantitative estimate of drug-likeness (QED) is 0.700. The van der Waals surface area contributed by atoms with Crippen molar-refractivity contribution in [2.24, 2.45) is 0 Å². The average Bonchev–Trinajstić information content (AvgIpc) is 2.23. The highest BCUT2D eigenvalue weighted by atomic mass is 35.5. The van der Waals surface area contributed by atoms with E-state index in [-0.39, 0.29) is 0 Å². The molecule has 0 bridgehead atoms. The van der Waals surface area contributed by atoms with Crippen molar-refractivity contribution in [2.45, 2.75) is 0 Å². The molecule has 0 amide bonds. The summed E-state index contributed by atoms with van der Waals surface area (Å²) >= 11 is 5.65. The van der Waals surface area contributed by atoms with E-state index in [1.165, 1.54) is 0 Å². The number of hydrogen-bond donors (Lipinski definition) is 0. The molecule has 1 aromatic carbocycles. The van der Waals surface area contributed by atoms with Crippen LogP contribution in [-0.4, -0.2) is 4.98 Å². The summed E-state index contributed by atoms with van der Waals surface area (Å²) in [5, 5.41) is 0.463. The van der Waals surface area contributed by atoms with Gasteiger partial charge in [0.1, 0.15) is 16.7 Å². The smallest absolute Gasteiger partial charge is 0.145 e. The lowest BCUT2D eigenvalue weighted by Gasteiger charge is -2.03. The Morgan fingerprint density at radius 3 is 2.36 bits per heavy atom. The molecule has 0 spiro atoms. The molecule has 0 aliphatic heterocycles. The maximum atomic E-state index is 5.65. The van der Waals surface area contributed by atoms with Crippen LogP contribution in [0.15, 0.2) is 48.7 Å². The van der Waals surface area contributed by atoms with Crippen molar-refractivity contribution in [1.29, 1.82) is 0 Å². The van der Waals surface area contributed by atoms with Crippen LogP contribution in [0.5, 0.6) is 11.5 Å². The maximum Gasteiger partial charge on any atom is 0.145 e. The van der Waals surface area contributed by atoms with Crippen LogP contribution in [-0.2, 0) is 0 Å². The molecule has 2 aromatic rings. The summed E-state index contributed by atoms with van der Waals surface area (Å²) in [7, 11) is 0. The van der Waals surface area contributed by atoms with Crippen molar-refractivity contribution >= 4 is 11.6 Å². The van der Waals surface area contributed by atoms with Gasteiger partial charge in [0.25, 0.3) is 0 Å². The lowest BCUT2D eigenvalue weighted by molar-refractivity contribution is 0.480. The second-order valence-electron chi connectivity index (χ2n) is 2.73. The number of hydrogen-bond acceptors (Lipinski definition) is 2. The molecule has 0 radical (unpaired) electrons. The summed E-state index contributed by atoms with van der Waals surface area (Å²) in [5.74, 6) is 1.47. The van der Waals surface area contributed by atoms with E-state index in [0.29, 0.717) is 10.9 Å². The van der Waals surface area contributed by atoms with Gasteiger partial charge in [0.15, 0.2) is 0 Å².